The monoisotopic (exact) mass is 294 g/mol. The molecule has 1 aromatic carbocycles. The average molecular weight is 294 g/mol. The molecule has 0 amide bonds. The zero-order valence-corrected chi connectivity index (χ0v) is 12.5. The predicted molar refractivity (Wildman–Crippen MR) is 80.5 cm³/mol. The number of nitro groups is 1. The third-order valence-corrected chi connectivity index (χ3v) is 3.71. The molecule has 116 valence electrons. The lowest BCUT2D eigenvalue weighted by molar-refractivity contribution is -0.384. The zero-order chi connectivity index (χ0) is 15.4. The number of nitrogens with zero attached hydrogens (tertiary/aromatic N) is 2. The summed E-state index contributed by atoms with van der Waals surface area (Å²) in [6.45, 7) is 3.54. The van der Waals surface area contributed by atoms with E-state index in [1.54, 1.807) is 19.1 Å². The first-order valence-electron chi connectivity index (χ1n) is 7.24. The van der Waals surface area contributed by atoms with Crippen molar-refractivity contribution < 1.29 is 14.8 Å². The highest BCUT2D eigenvalue weighted by molar-refractivity contribution is 5.64. The quantitative estimate of drug-likeness (QED) is 0.453. The van der Waals surface area contributed by atoms with Gasteiger partial charge >= 0.3 is 0 Å². The second kappa shape index (κ2) is 6.87. The standard InChI is InChI=1S/C15H22N2O4/c1-11(18)13-5-6-14(15(9-13)17(19)20)16(2)7-8-21-10-12-3-4-12/h5-6,9,11-12,18H,3-4,7-8,10H2,1-2H3/t11-/m1/s1. The highest BCUT2D eigenvalue weighted by Crippen LogP contribution is 2.31. The van der Waals surface area contributed by atoms with E-state index in [4.69, 9.17) is 4.74 Å². The third kappa shape index (κ3) is 4.41. The van der Waals surface area contributed by atoms with E-state index in [0.717, 1.165) is 12.5 Å². The third-order valence-electron chi connectivity index (χ3n) is 3.71. The Labute approximate surface area is 124 Å². The van der Waals surface area contributed by atoms with Crippen LogP contribution in [-0.4, -0.2) is 36.8 Å². The Hall–Kier alpha value is -1.66. The molecule has 0 aromatic heterocycles. The molecule has 6 heteroatoms. The van der Waals surface area contributed by atoms with Crippen LogP contribution in [0.4, 0.5) is 11.4 Å². The van der Waals surface area contributed by atoms with Crippen LogP contribution in [0.1, 0.15) is 31.4 Å². The molecule has 1 atom stereocenters. The number of nitro benzene ring substituents is 1. The first-order valence-corrected chi connectivity index (χ1v) is 7.24. The van der Waals surface area contributed by atoms with Crippen molar-refractivity contribution in [1.29, 1.82) is 0 Å². The predicted octanol–water partition coefficient (Wildman–Crippen LogP) is 2.51. The van der Waals surface area contributed by atoms with Crippen molar-refractivity contribution >= 4 is 11.4 Å². The van der Waals surface area contributed by atoms with Gasteiger partial charge in [0.25, 0.3) is 5.69 Å². The van der Waals surface area contributed by atoms with Gasteiger partial charge in [-0.1, -0.05) is 6.07 Å². The van der Waals surface area contributed by atoms with E-state index in [1.807, 2.05) is 11.9 Å². The van der Waals surface area contributed by atoms with Gasteiger partial charge < -0.3 is 14.7 Å². The number of hydrogen-bond donors (Lipinski definition) is 1. The maximum Gasteiger partial charge on any atom is 0.292 e. The van der Waals surface area contributed by atoms with Crippen molar-refractivity contribution in [2.24, 2.45) is 5.92 Å². The number of aliphatic hydroxyl groups is 1. The minimum absolute atomic E-state index is 0.0121. The number of rotatable bonds is 8. The number of benzene rings is 1. The van der Waals surface area contributed by atoms with Crippen LogP contribution >= 0.6 is 0 Å². The number of aliphatic hydroxyl groups excluding tert-OH is 1. The lowest BCUT2D eigenvalue weighted by Crippen LogP contribution is -2.23. The Bertz CT molecular complexity index is 500. The molecule has 1 fully saturated rings. The van der Waals surface area contributed by atoms with Crippen molar-refractivity contribution in [2.45, 2.75) is 25.9 Å². The summed E-state index contributed by atoms with van der Waals surface area (Å²) in [5, 5.41) is 20.7. The van der Waals surface area contributed by atoms with Gasteiger partial charge in [0.1, 0.15) is 5.69 Å². The molecule has 1 aliphatic carbocycles. The van der Waals surface area contributed by atoms with E-state index in [2.05, 4.69) is 0 Å². The van der Waals surface area contributed by atoms with Gasteiger partial charge in [-0.2, -0.15) is 0 Å². The molecule has 0 heterocycles. The second-order valence-electron chi connectivity index (χ2n) is 5.62. The molecule has 0 spiro atoms. The van der Waals surface area contributed by atoms with Crippen molar-refractivity contribution in [2.75, 3.05) is 31.7 Å². The Morgan fingerprint density at radius 2 is 2.24 bits per heavy atom. The zero-order valence-electron chi connectivity index (χ0n) is 12.5. The summed E-state index contributed by atoms with van der Waals surface area (Å²) in [5.41, 5.74) is 1.10. The molecule has 0 unspecified atom stereocenters. The fourth-order valence-electron chi connectivity index (χ4n) is 2.13. The molecule has 1 saturated carbocycles. The van der Waals surface area contributed by atoms with Crippen LogP contribution in [-0.2, 0) is 4.74 Å². The lowest BCUT2D eigenvalue weighted by atomic mass is 10.1. The van der Waals surface area contributed by atoms with Crippen LogP contribution in [0.5, 0.6) is 0 Å². The number of anilines is 1. The normalized spacial score (nSPS) is 15.8. The van der Waals surface area contributed by atoms with Crippen LogP contribution in [0.3, 0.4) is 0 Å². The topological polar surface area (TPSA) is 75.8 Å². The number of likely N-dealkylation sites (N-methyl/N-ethyl adjacent to an activating group) is 1. The van der Waals surface area contributed by atoms with Gasteiger partial charge in [0.05, 0.1) is 17.6 Å². The molecule has 1 N–H and O–H groups in total. The van der Waals surface area contributed by atoms with Crippen molar-refractivity contribution in [3.63, 3.8) is 0 Å². The highest BCUT2D eigenvalue weighted by Gasteiger charge is 2.22. The maximum atomic E-state index is 11.2. The summed E-state index contributed by atoms with van der Waals surface area (Å²) >= 11 is 0. The second-order valence-corrected chi connectivity index (χ2v) is 5.62. The summed E-state index contributed by atoms with van der Waals surface area (Å²) < 4.78 is 5.56. The molecule has 2 rings (SSSR count). The number of ether oxygens (including phenoxy) is 1. The SMILES string of the molecule is C[C@@H](O)c1ccc(N(C)CCOCC2CC2)c([N+](=O)[O-])c1. The summed E-state index contributed by atoms with van der Waals surface area (Å²) in [7, 11) is 1.81. The van der Waals surface area contributed by atoms with Gasteiger partial charge in [-0.15, -0.1) is 0 Å². The van der Waals surface area contributed by atoms with E-state index in [1.165, 1.54) is 18.9 Å². The molecule has 1 aromatic rings. The van der Waals surface area contributed by atoms with Gasteiger partial charge in [-0.3, -0.25) is 10.1 Å². The minimum atomic E-state index is -0.718. The fourth-order valence-corrected chi connectivity index (χ4v) is 2.13. The number of hydrogen-bond acceptors (Lipinski definition) is 5. The molecule has 1 aliphatic rings. The van der Waals surface area contributed by atoms with Gasteiger partial charge in [-0.25, -0.2) is 0 Å². The Kier molecular flexibility index (Phi) is 5.14. The van der Waals surface area contributed by atoms with E-state index >= 15 is 0 Å². The van der Waals surface area contributed by atoms with Crippen molar-refractivity contribution in [3.05, 3.63) is 33.9 Å². The highest BCUT2D eigenvalue weighted by atomic mass is 16.6. The molecule has 0 bridgehead atoms. The first kappa shape index (κ1) is 15.7. The van der Waals surface area contributed by atoms with E-state index in [9.17, 15) is 15.2 Å². The van der Waals surface area contributed by atoms with Crippen LogP contribution in [0.25, 0.3) is 0 Å². The largest absolute Gasteiger partial charge is 0.389 e. The van der Waals surface area contributed by atoms with Crippen molar-refractivity contribution in [3.8, 4) is 0 Å². The molecule has 21 heavy (non-hydrogen) atoms. The summed E-state index contributed by atoms with van der Waals surface area (Å²) in [6, 6.07) is 4.83. The van der Waals surface area contributed by atoms with Crippen molar-refractivity contribution in [1.82, 2.24) is 0 Å². The van der Waals surface area contributed by atoms with Gasteiger partial charge in [0.2, 0.25) is 0 Å². The molecular formula is C15H22N2O4. The van der Waals surface area contributed by atoms with Gasteiger partial charge in [0, 0.05) is 26.3 Å². The molecular weight excluding hydrogens is 272 g/mol. The average Bonchev–Trinajstić information content (AvgIpc) is 3.26. The first-order chi connectivity index (χ1) is 9.99. The Balaban J connectivity index is 2.00. The molecule has 0 saturated heterocycles. The smallest absolute Gasteiger partial charge is 0.292 e. The Morgan fingerprint density at radius 3 is 2.81 bits per heavy atom. The fraction of sp³-hybridized carbons (Fsp3) is 0.600. The lowest BCUT2D eigenvalue weighted by Gasteiger charge is -2.20. The van der Waals surface area contributed by atoms with Crippen LogP contribution in [0, 0.1) is 16.0 Å². The maximum absolute atomic E-state index is 11.2. The van der Waals surface area contributed by atoms with E-state index in [-0.39, 0.29) is 5.69 Å². The van der Waals surface area contributed by atoms with Gasteiger partial charge in [0.15, 0.2) is 0 Å². The van der Waals surface area contributed by atoms with E-state index < -0.39 is 11.0 Å². The summed E-state index contributed by atoms with van der Waals surface area (Å²) in [5.74, 6) is 0.718. The molecule has 6 nitrogen and oxygen atoms in total. The van der Waals surface area contributed by atoms with Gasteiger partial charge in [-0.05, 0) is 37.3 Å². The molecule has 0 aliphatic heterocycles. The van der Waals surface area contributed by atoms with E-state index in [0.29, 0.717) is 24.4 Å². The summed E-state index contributed by atoms with van der Waals surface area (Å²) in [4.78, 5) is 12.6. The minimum Gasteiger partial charge on any atom is -0.389 e. The summed E-state index contributed by atoms with van der Waals surface area (Å²) in [6.07, 6.45) is 1.79. The van der Waals surface area contributed by atoms with Crippen LogP contribution in [0.15, 0.2) is 18.2 Å². The van der Waals surface area contributed by atoms with Crippen LogP contribution in [0.2, 0.25) is 0 Å². The Morgan fingerprint density at radius 1 is 1.52 bits per heavy atom. The molecule has 0 radical (unpaired) electrons. The van der Waals surface area contributed by atoms with Crippen LogP contribution < -0.4 is 4.90 Å².